The number of phenols is 1. The number of esters is 1. The summed E-state index contributed by atoms with van der Waals surface area (Å²) in [4.78, 5) is 26.5. The number of halogens is 3. The van der Waals surface area contributed by atoms with Gasteiger partial charge < -0.3 is 20.1 Å². The molecule has 1 amide bonds. The summed E-state index contributed by atoms with van der Waals surface area (Å²) in [5.41, 5.74) is -0.102. The van der Waals surface area contributed by atoms with E-state index < -0.39 is 35.4 Å². The molecule has 0 radical (unpaired) electrons. The normalized spacial score (nSPS) is 13.9. The molecule has 0 saturated heterocycles. The zero-order valence-electron chi connectivity index (χ0n) is 19.0. The van der Waals surface area contributed by atoms with Gasteiger partial charge in [-0.25, -0.2) is 9.48 Å². The molecule has 8 nitrogen and oxygen atoms in total. The number of benzene rings is 2. The number of carbonyl (C=O) groups excluding carboxylic acids is 2. The third-order valence-electron chi connectivity index (χ3n) is 5.79. The van der Waals surface area contributed by atoms with Crippen molar-refractivity contribution in [3.63, 3.8) is 0 Å². The van der Waals surface area contributed by atoms with Crippen molar-refractivity contribution >= 4 is 17.7 Å². The maximum Gasteiger partial charge on any atom is 0.436 e. The molecular weight excluding hydrogens is 465 g/mol. The lowest BCUT2D eigenvalue weighted by atomic mass is 10.1. The molecule has 2 heterocycles. The molecule has 11 heteroatoms. The maximum atomic E-state index is 13.8. The van der Waals surface area contributed by atoms with Crippen LogP contribution in [0.5, 0.6) is 5.75 Å². The van der Waals surface area contributed by atoms with Crippen molar-refractivity contribution in [3.05, 3.63) is 76.5 Å². The topological polar surface area (TPSA) is 96.7 Å². The van der Waals surface area contributed by atoms with Crippen molar-refractivity contribution in [3.8, 4) is 5.75 Å². The van der Waals surface area contributed by atoms with Crippen molar-refractivity contribution in [1.29, 1.82) is 0 Å². The van der Waals surface area contributed by atoms with Gasteiger partial charge in [-0.15, -0.1) is 0 Å². The number of aromatic hydroxyl groups is 1. The minimum Gasteiger partial charge on any atom is -0.508 e. The zero-order chi connectivity index (χ0) is 25.3. The summed E-state index contributed by atoms with van der Waals surface area (Å²) in [6.45, 7) is 2.46. The predicted octanol–water partition coefficient (Wildman–Crippen LogP) is 3.91. The van der Waals surface area contributed by atoms with Crippen LogP contribution in [0.4, 0.5) is 19.0 Å². The molecule has 184 valence electrons. The van der Waals surface area contributed by atoms with Crippen molar-refractivity contribution in [2.24, 2.45) is 0 Å². The van der Waals surface area contributed by atoms with Crippen molar-refractivity contribution in [1.82, 2.24) is 15.1 Å². The second-order valence-electron chi connectivity index (χ2n) is 8.16. The zero-order valence-corrected chi connectivity index (χ0v) is 19.0. The fourth-order valence-electron chi connectivity index (χ4n) is 4.01. The van der Waals surface area contributed by atoms with Gasteiger partial charge in [0.1, 0.15) is 17.1 Å². The lowest BCUT2D eigenvalue weighted by Crippen LogP contribution is -2.31. The second-order valence-corrected chi connectivity index (χ2v) is 8.16. The molecule has 0 saturated carbocycles. The Kier molecular flexibility index (Phi) is 6.42. The van der Waals surface area contributed by atoms with E-state index in [9.17, 15) is 27.9 Å². The molecule has 1 aliphatic rings. The molecule has 4 rings (SSSR count). The fraction of sp³-hybridized carbons (Fsp3) is 0.292. The second kappa shape index (κ2) is 9.32. The number of anilines is 1. The van der Waals surface area contributed by atoms with Crippen molar-refractivity contribution in [2.75, 3.05) is 18.6 Å². The predicted molar refractivity (Wildman–Crippen MR) is 120 cm³/mol. The Morgan fingerprint density at radius 3 is 2.37 bits per heavy atom. The maximum absolute atomic E-state index is 13.8. The Morgan fingerprint density at radius 2 is 1.77 bits per heavy atom. The number of methoxy groups -OCH3 is 1. The number of aromatic nitrogens is 2. The van der Waals surface area contributed by atoms with Gasteiger partial charge in [-0.3, -0.25) is 4.79 Å². The average Bonchev–Trinajstić information content (AvgIpc) is 3.40. The van der Waals surface area contributed by atoms with Gasteiger partial charge >= 0.3 is 12.1 Å². The summed E-state index contributed by atoms with van der Waals surface area (Å²) in [7, 11) is 1.26. The quantitative estimate of drug-likeness (QED) is 0.511. The Morgan fingerprint density at radius 1 is 1.11 bits per heavy atom. The lowest BCUT2D eigenvalue weighted by Gasteiger charge is -2.21. The van der Waals surface area contributed by atoms with Gasteiger partial charge in [0.2, 0.25) is 0 Å². The minimum atomic E-state index is -4.82. The van der Waals surface area contributed by atoms with Crippen LogP contribution in [0.2, 0.25) is 0 Å². The standard InChI is InChI=1S/C24H23F3N4O4/c1-14(16-5-7-17(8-6-16)23(34)35-2)28-21(33)19-20(24(25,26)27)29-31-12-11-30(22(19)31)13-15-3-9-18(32)10-4-15/h3-10,14,32H,11-13H2,1-2H3,(H,28,33). The first-order chi connectivity index (χ1) is 16.6. The monoisotopic (exact) mass is 488 g/mol. The van der Waals surface area contributed by atoms with E-state index in [4.69, 9.17) is 0 Å². The molecule has 1 aromatic heterocycles. The summed E-state index contributed by atoms with van der Waals surface area (Å²) in [6.07, 6.45) is -4.82. The average molecular weight is 488 g/mol. The summed E-state index contributed by atoms with van der Waals surface area (Å²) in [5.74, 6) is -1.25. The molecule has 0 spiro atoms. The number of carbonyl (C=O) groups is 2. The van der Waals surface area contributed by atoms with Crippen LogP contribution in [0, 0.1) is 0 Å². The number of nitrogens with one attached hydrogen (secondary N) is 1. The number of rotatable bonds is 6. The highest BCUT2D eigenvalue weighted by Gasteiger charge is 2.44. The van der Waals surface area contributed by atoms with Crippen molar-refractivity contribution in [2.45, 2.75) is 32.2 Å². The number of hydrogen-bond donors (Lipinski definition) is 2. The van der Waals surface area contributed by atoms with Gasteiger partial charge in [-0.2, -0.15) is 18.3 Å². The molecule has 0 fully saturated rings. The molecule has 35 heavy (non-hydrogen) atoms. The van der Waals surface area contributed by atoms with E-state index in [1.807, 2.05) is 0 Å². The Bertz CT molecular complexity index is 1240. The fourth-order valence-corrected chi connectivity index (χ4v) is 4.01. The SMILES string of the molecule is COC(=O)c1ccc(C(C)NC(=O)c2c(C(F)(F)F)nn3c2N(Cc2ccc(O)cc2)CC3)cc1. The van der Waals surface area contributed by atoms with E-state index in [1.54, 1.807) is 36.1 Å². The summed E-state index contributed by atoms with van der Waals surface area (Å²) in [5, 5.41) is 15.8. The van der Waals surface area contributed by atoms with Gasteiger partial charge in [0.05, 0.1) is 25.3 Å². The molecule has 0 aliphatic carbocycles. The van der Waals surface area contributed by atoms with Gasteiger partial charge in [0.15, 0.2) is 5.69 Å². The van der Waals surface area contributed by atoms with E-state index in [0.717, 1.165) is 5.56 Å². The van der Waals surface area contributed by atoms with Crippen LogP contribution in [0.15, 0.2) is 48.5 Å². The summed E-state index contributed by atoms with van der Waals surface area (Å²) in [6, 6.07) is 11.9. The van der Waals surface area contributed by atoms with Crippen LogP contribution in [-0.2, 0) is 24.0 Å². The van der Waals surface area contributed by atoms with E-state index >= 15 is 0 Å². The Hall–Kier alpha value is -4.02. The number of alkyl halides is 3. The van der Waals surface area contributed by atoms with Gasteiger partial charge in [0, 0.05) is 13.1 Å². The Balaban J connectivity index is 1.62. The van der Waals surface area contributed by atoms with Crippen LogP contribution in [0.1, 0.15) is 50.5 Å². The summed E-state index contributed by atoms with van der Waals surface area (Å²) >= 11 is 0. The molecule has 0 bridgehead atoms. The first-order valence-electron chi connectivity index (χ1n) is 10.8. The number of phenolic OH excluding ortho intramolecular Hbond substituents is 1. The third-order valence-corrected chi connectivity index (χ3v) is 5.79. The highest BCUT2D eigenvalue weighted by atomic mass is 19.4. The molecule has 1 atom stereocenters. The summed E-state index contributed by atoms with van der Waals surface area (Å²) < 4.78 is 47.3. The highest BCUT2D eigenvalue weighted by molar-refractivity contribution is 6.01. The number of nitrogens with zero attached hydrogens (tertiary/aromatic N) is 3. The van der Waals surface area contributed by atoms with Gasteiger partial charge in [-0.1, -0.05) is 24.3 Å². The molecule has 1 unspecified atom stereocenters. The van der Waals surface area contributed by atoms with Crippen LogP contribution in [0.3, 0.4) is 0 Å². The smallest absolute Gasteiger partial charge is 0.436 e. The van der Waals surface area contributed by atoms with Crippen LogP contribution in [-0.4, -0.2) is 40.4 Å². The molecule has 2 N–H and O–H groups in total. The van der Waals surface area contributed by atoms with Crippen molar-refractivity contribution < 1.29 is 32.6 Å². The minimum absolute atomic E-state index is 0.0771. The Labute approximate surface area is 198 Å². The molecule has 3 aromatic rings. The first kappa shape index (κ1) is 24.1. The van der Waals surface area contributed by atoms with Crippen LogP contribution >= 0.6 is 0 Å². The first-order valence-corrected chi connectivity index (χ1v) is 10.8. The van der Waals surface area contributed by atoms with E-state index in [2.05, 4.69) is 15.2 Å². The molecular formula is C24H23F3N4O4. The third kappa shape index (κ3) is 4.93. The van der Waals surface area contributed by atoms with E-state index in [1.165, 1.54) is 36.1 Å². The van der Waals surface area contributed by atoms with Crippen LogP contribution in [0.25, 0.3) is 0 Å². The van der Waals surface area contributed by atoms with E-state index in [0.29, 0.717) is 17.7 Å². The largest absolute Gasteiger partial charge is 0.508 e. The van der Waals surface area contributed by atoms with Crippen LogP contribution < -0.4 is 10.2 Å². The molecule has 2 aromatic carbocycles. The lowest BCUT2D eigenvalue weighted by molar-refractivity contribution is -0.141. The number of fused-ring (bicyclic) bond motifs is 1. The van der Waals surface area contributed by atoms with E-state index in [-0.39, 0.29) is 24.7 Å². The number of hydrogen-bond acceptors (Lipinski definition) is 6. The highest BCUT2D eigenvalue weighted by Crippen LogP contribution is 2.38. The number of amides is 1. The number of ether oxygens (including phenoxy) is 1. The van der Waals surface area contributed by atoms with Gasteiger partial charge in [0.25, 0.3) is 5.91 Å². The van der Waals surface area contributed by atoms with Gasteiger partial charge in [-0.05, 0) is 42.3 Å². The molecule has 1 aliphatic heterocycles.